The second-order valence-corrected chi connectivity index (χ2v) is 3.48. The SMILES string of the molecule is C=CCC(N)C(=O)NCc1ccc(F)cc1. The minimum absolute atomic E-state index is 0.232. The van der Waals surface area contributed by atoms with Gasteiger partial charge in [-0.2, -0.15) is 0 Å². The third-order valence-corrected chi connectivity index (χ3v) is 2.14. The molecule has 1 aromatic rings. The topological polar surface area (TPSA) is 55.1 Å². The summed E-state index contributed by atoms with van der Waals surface area (Å²) in [7, 11) is 0. The maximum Gasteiger partial charge on any atom is 0.237 e. The lowest BCUT2D eigenvalue weighted by Crippen LogP contribution is -2.39. The normalized spacial score (nSPS) is 11.9. The fourth-order valence-electron chi connectivity index (χ4n) is 1.21. The van der Waals surface area contributed by atoms with Gasteiger partial charge in [-0.3, -0.25) is 4.79 Å². The molecule has 1 amide bonds. The van der Waals surface area contributed by atoms with Gasteiger partial charge in [-0.15, -0.1) is 6.58 Å². The first kappa shape index (κ1) is 12.4. The molecule has 86 valence electrons. The zero-order valence-corrected chi connectivity index (χ0v) is 8.95. The highest BCUT2D eigenvalue weighted by atomic mass is 19.1. The summed E-state index contributed by atoms with van der Waals surface area (Å²) in [5.41, 5.74) is 6.41. The molecule has 3 N–H and O–H groups in total. The quantitative estimate of drug-likeness (QED) is 0.739. The predicted octanol–water partition coefficient (Wildman–Crippen LogP) is 1.35. The molecule has 1 aromatic carbocycles. The van der Waals surface area contributed by atoms with Crippen LogP contribution in [0.2, 0.25) is 0 Å². The van der Waals surface area contributed by atoms with E-state index in [-0.39, 0.29) is 11.7 Å². The van der Waals surface area contributed by atoms with Crippen molar-refractivity contribution < 1.29 is 9.18 Å². The molecule has 3 nitrogen and oxygen atoms in total. The van der Waals surface area contributed by atoms with Crippen molar-refractivity contribution in [3.05, 3.63) is 48.3 Å². The standard InChI is InChI=1S/C12H15FN2O/c1-2-3-11(14)12(16)15-8-9-4-6-10(13)7-5-9/h2,4-7,11H,1,3,8,14H2,(H,15,16). The molecule has 0 aliphatic rings. The lowest BCUT2D eigenvalue weighted by molar-refractivity contribution is -0.122. The second-order valence-electron chi connectivity index (χ2n) is 3.48. The molecule has 0 bridgehead atoms. The van der Waals surface area contributed by atoms with E-state index in [0.717, 1.165) is 5.56 Å². The summed E-state index contributed by atoms with van der Waals surface area (Å²) in [5.74, 6) is -0.525. The van der Waals surface area contributed by atoms with Crippen molar-refractivity contribution in [2.75, 3.05) is 0 Å². The lowest BCUT2D eigenvalue weighted by Gasteiger charge is -2.10. The Kier molecular flexibility index (Phi) is 4.66. The van der Waals surface area contributed by atoms with Crippen LogP contribution in [0.15, 0.2) is 36.9 Å². The molecule has 0 aliphatic carbocycles. The highest BCUT2D eigenvalue weighted by molar-refractivity contribution is 5.81. The van der Waals surface area contributed by atoms with Crippen molar-refractivity contribution in [2.45, 2.75) is 19.0 Å². The van der Waals surface area contributed by atoms with Crippen LogP contribution in [0.25, 0.3) is 0 Å². The molecule has 0 saturated heterocycles. The van der Waals surface area contributed by atoms with Crippen molar-refractivity contribution in [1.82, 2.24) is 5.32 Å². The minimum Gasteiger partial charge on any atom is -0.351 e. The number of amides is 1. The molecular formula is C12H15FN2O. The summed E-state index contributed by atoms with van der Waals surface area (Å²) in [6.45, 7) is 3.86. The van der Waals surface area contributed by atoms with Crippen LogP contribution in [0.5, 0.6) is 0 Å². The van der Waals surface area contributed by atoms with E-state index in [0.29, 0.717) is 13.0 Å². The van der Waals surface area contributed by atoms with E-state index < -0.39 is 6.04 Å². The highest BCUT2D eigenvalue weighted by Gasteiger charge is 2.10. The van der Waals surface area contributed by atoms with Crippen molar-refractivity contribution in [3.8, 4) is 0 Å². The van der Waals surface area contributed by atoms with E-state index in [1.165, 1.54) is 12.1 Å². The third kappa shape index (κ3) is 3.82. The number of carbonyl (C=O) groups is 1. The summed E-state index contributed by atoms with van der Waals surface area (Å²) in [6, 6.07) is 5.37. The Hall–Kier alpha value is -1.68. The first-order chi connectivity index (χ1) is 7.63. The van der Waals surface area contributed by atoms with Crippen molar-refractivity contribution in [3.63, 3.8) is 0 Å². The molecule has 1 rings (SSSR count). The van der Waals surface area contributed by atoms with Crippen LogP contribution in [-0.2, 0) is 11.3 Å². The Bertz CT molecular complexity index is 362. The second kappa shape index (κ2) is 6.02. The monoisotopic (exact) mass is 222 g/mol. The maximum atomic E-state index is 12.6. The predicted molar refractivity (Wildman–Crippen MR) is 61.0 cm³/mol. The molecule has 4 heteroatoms. The zero-order valence-electron chi connectivity index (χ0n) is 8.95. The fraction of sp³-hybridized carbons (Fsp3) is 0.250. The van der Waals surface area contributed by atoms with Gasteiger partial charge in [0, 0.05) is 6.54 Å². The van der Waals surface area contributed by atoms with Gasteiger partial charge in [0.15, 0.2) is 0 Å². The van der Waals surface area contributed by atoms with E-state index in [9.17, 15) is 9.18 Å². The van der Waals surface area contributed by atoms with E-state index in [4.69, 9.17) is 5.73 Å². The van der Waals surface area contributed by atoms with E-state index >= 15 is 0 Å². The number of halogens is 1. The van der Waals surface area contributed by atoms with Gasteiger partial charge in [0.25, 0.3) is 0 Å². The van der Waals surface area contributed by atoms with Crippen molar-refractivity contribution in [2.24, 2.45) is 5.73 Å². The summed E-state index contributed by atoms with van der Waals surface area (Å²) >= 11 is 0. The molecule has 0 spiro atoms. The van der Waals surface area contributed by atoms with Gasteiger partial charge in [0.05, 0.1) is 6.04 Å². The van der Waals surface area contributed by atoms with Crippen LogP contribution in [0.4, 0.5) is 4.39 Å². The smallest absolute Gasteiger partial charge is 0.237 e. The molecule has 0 saturated carbocycles. The Morgan fingerprint density at radius 3 is 2.69 bits per heavy atom. The van der Waals surface area contributed by atoms with Gasteiger partial charge in [-0.25, -0.2) is 4.39 Å². The van der Waals surface area contributed by atoms with Crippen LogP contribution < -0.4 is 11.1 Å². The Labute approximate surface area is 94.1 Å². The molecule has 0 fully saturated rings. The number of hydrogen-bond acceptors (Lipinski definition) is 2. The maximum absolute atomic E-state index is 12.6. The highest BCUT2D eigenvalue weighted by Crippen LogP contribution is 2.02. The van der Waals surface area contributed by atoms with Gasteiger partial charge >= 0.3 is 0 Å². The van der Waals surface area contributed by atoms with Crippen LogP contribution in [-0.4, -0.2) is 11.9 Å². The zero-order chi connectivity index (χ0) is 12.0. The van der Waals surface area contributed by atoms with Crippen molar-refractivity contribution in [1.29, 1.82) is 0 Å². The number of benzene rings is 1. The van der Waals surface area contributed by atoms with Crippen LogP contribution >= 0.6 is 0 Å². The molecule has 0 heterocycles. The molecule has 0 aliphatic heterocycles. The average Bonchev–Trinajstić information content (AvgIpc) is 2.28. The molecule has 16 heavy (non-hydrogen) atoms. The summed E-state index contributed by atoms with van der Waals surface area (Å²) in [4.78, 5) is 11.4. The van der Waals surface area contributed by atoms with Crippen LogP contribution in [0.3, 0.4) is 0 Å². The summed E-state index contributed by atoms with van der Waals surface area (Å²) < 4.78 is 12.6. The summed E-state index contributed by atoms with van der Waals surface area (Å²) in [5, 5.41) is 2.67. The van der Waals surface area contributed by atoms with Gasteiger partial charge in [-0.05, 0) is 24.1 Å². The Morgan fingerprint density at radius 1 is 1.50 bits per heavy atom. The first-order valence-corrected chi connectivity index (χ1v) is 5.02. The first-order valence-electron chi connectivity index (χ1n) is 5.02. The van der Waals surface area contributed by atoms with Crippen LogP contribution in [0.1, 0.15) is 12.0 Å². The molecule has 0 aromatic heterocycles. The van der Waals surface area contributed by atoms with Gasteiger partial charge < -0.3 is 11.1 Å². The number of nitrogens with one attached hydrogen (secondary N) is 1. The molecule has 1 unspecified atom stereocenters. The molecule has 0 radical (unpaired) electrons. The number of carbonyl (C=O) groups excluding carboxylic acids is 1. The van der Waals surface area contributed by atoms with Gasteiger partial charge in [-0.1, -0.05) is 18.2 Å². The summed E-state index contributed by atoms with van der Waals surface area (Å²) in [6.07, 6.45) is 2.04. The van der Waals surface area contributed by atoms with E-state index in [2.05, 4.69) is 11.9 Å². The lowest BCUT2D eigenvalue weighted by atomic mass is 10.2. The van der Waals surface area contributed by atoms with E-state index in [1.54, 1.807) is 18.2 Å². The minimum atomic E-state index is -0.571. The third-order valence-electron chi connectivity index (χ3n) is 2.14. The fourth-order valence-corrected chi connectivity index (χ4v) is 1.21. The number of hydrogen-bond donors (Lipinski definition) is 2. The van der Waals surface area contributed by atoms with E-state index in [1.807, 2.05) is 0 Å². The van der Waals surface area contributed by atoms with Crippen molar-refractivity contribution >= 4 is 5.91 Å². The Balaban J connectivity index is 2.42. The molecular weight excluding hydrogens is 207 g/mol. The Morgan fingerprint density at radius 2 is 2.12 bits per heavy atom. The number of nitrogens with two attached hydrogens (primary N) is 1. The largest absolute Gasteiger partial charge is 0.351 e. The van der Waals surface area contributed by atoms with Crippen LogP contribution in [0, 0.1) is 5.82 Å². The van der Waals surface area contributed by atoms with Gasteiger partial charge in [0.1, 0.15) is 5.82 Å². The molecule has 1 atom stereocenters. The van der Waals surface area contributed by atoms with Gasteiger partial charge in [0.2, 0.25) is 5.91 Å². The average molecular weight is 222 g/mol. The number of rotatable bonds is 5.